The Morgan fingerprint density at radius 3 is 2.38 bits per heavy atom. The SMILES string of the molecule is Cl.N[C@@H]1C[C@@H](F)CN(c2ccn3ncc(C(=O)Nc4cn(C5CCC(C(=O)NC6CCN(c7ccc(C8CCC(=O)NC8=O)cc7)CC6)CC5)nc4C(F)F)c3n2)C1. The van der Waals surface area contributed by atoms with Crippen LogP contribution in [0.15, 0.2) is 48.9 Å². The van der Waals surface area contributed by atoms with E-state index in [4.69, 9.17) is 5.73 Å². The molecule has 5 N–H and O–H groups in total. The van der Waals surface area contributed by atoms with Gasteiger partial charge in [-0.2, -0.15) is 10.2 Å². The van der Waals surface area contributed by atoms with Crippen LogP contribution in [-0.4, -0.2) is 92.4 Å². The Bertz CT molecular complexity index is 2120. The van der Waals surface area contributed by atoms with Gasteiger partial charge in [-0.25, -0.2) is 22.7 Å². The van der Waals surface area contributed by atoms with Gasteiger partial charge < -0.3 is 26.2 Å². The predicted octanol–water partition coefficient (Wildman–Crippen LogP) is 4.45. The molecule has 0 radical (unpaired) electrons. The highest BCUT2D eigenvalue weighted by atomic mass is 35.5. The van der Waals surface area contributed by atoms with Crippen molar-refractivity contribution in [1.29, 1.82) is 0 Å². The first-order valence-electron chi connectivity index (χ1n) is 19.7. The molecule has 1 saturated carbocycles. The number of imide groups is 1. The quantitative estimate of drug-likeness (QED) is 0.176. The molecule has 310 valence electrons. The molecule has 8 rings (SSSR count). The maximum atomic E-state index is 14.2. The average molecular weight is 826 g/mol. The van der Waals surface area contributed by atoms with Crippen LogP contribution in [0.4, 0.5) is 30.4 Å². The zero-order valence-electron chi connectivity index (χ0n) is 31.7. The summed E-state index contributed by atoms with van der Waals surface area (Å²) in [5.41, 5.74) is 7.51. The van der Waals surface area contributed by atoms with Gasteiger partial charge in [-0.05, 0) is 75.1 Å². The van der Waals surface area contributed by atoms with Crippen molar-refractivity contribution in [3.05, 3.63) is 65.7 Å². The van der Waals surface area contributed by atoms with Gasteiger partial charge in [0.15, 0.2) is 11.3 Å². The molecule has 1 aliphatic carbocycles. The van der Waals surface area contributed by atoms with Crippen molar-refractivity contribution < 1.29 is 32.3 Å². The van der Waals surface area contributed by atoms with E-state index in [1.807, 2.05) is 24.3 Å². The number of nitrogens with one attached hydrogen (secondary N) is 3. The Morgan fingerprint density at radius 1 is 0.948 bits per heavy atom. The number of hydrogen-bond acceptors (Lipinski definition) is 10. The molecule has 19 heteroatoms. The Kier molecular flexibility index (Phi) is 12.2. The lowest BCUT2D eigenvalue weighted by Gasteiger charge is -2.35. The van der Waals surface area contributed by atoms with Crippen molar-refractivity contribution >= 4 is 58.9 Å². The summed E-state index contributed by atoms with van der Waals surface area (Å²) < 4.78 is 45.5. The number of alkyl halides is 3. The number of rotatable bonds is 9. The molecule has 58 heavy (non-hydrogen) atoms. The Labute approximate surface area is 338 Å². The minimum absolute atomic E-state index is 0. The van der Waals surface area contributed by atoms with E-state index in [1.54, 1.807) is 17.2 Å². The number of benzene rings is 1. The van der Waals surface area contributed by atoms with E-state index >= 15 is 0 Å². The van der Waals surface area contributed by atoms with Crippen LogP contribution in [0.1, 0.15) is 97.8 Å². The highest BCUT2D eigenvalue weighted by Gasteiger charge is 2.33. The van der Waals surface area contributed by atoms with Gasteiger partial charge in [0.05, 0.1) is 30.4 Å². The second-order valence-corrected chi connectivity index (χ2v) is 15.6. The number of carbonyl (C=O) groups excluding carboxylic acids is 4. The molecule has 0 spiro atoms. The molecule has 4 fully saturated rings. The van der Waals surface area contributed by atoms with E-state index < -0.39 is 24.2 Å². The molecule has 4 aliphatic rings. The fourth-order valence-corrected chi connectivity index (χ4v) is 8.63. The number of piperidine rings is 3. The van der Waals surface area contributed by atoms with E-state index in [1.165, 1.54) is 21.6 Å². The van der Waals surface area contributed by atoms with Gasteiger partial charge >= 0.3 is 0 Å². The molecule has 15 nitrogen and oxygen atoms in total. The Hall–Kier alpha value is -5.23. The smallest absolute Gasteiger partial charge is 0.284 e. The third-order valence-corrected chi connectivity index (χ3v) is 11.8. The van der Waals surface area contributed by atoms with Crippen LogP contribution in [0.2, 0.25) is 0 Å². The number of aromatic nitrogens is 5. The fraction of sp³-hybridized carbons (Fsp3) is 0.513. The lowest BCUT2D eigenvalue weighted by Crippen LogP contribution is -2.48. The van der Waals surface area contributed by atoms with Crippen molar-refractivity contribution in [3.63, 3.8) is 0 Å². The van der Waals surface area contributed by atoms with Crippen LogP contribution in [-0.2, 0) is 14.4 Å². The second kappa shape index (κ2) is 17.3. The van der Waals surface area contributed by atoms with Crippen LogP contribution in [0.3, 0.4) is 0 Å². The average Bonchev–Trinajstić information content (AvgIpc) is 3.83. The highest BCUT2D eigenvalue weighted by molar-refractivity contribution is 6.08. The summed E-state index contributed by atoms with van der Waals surface area (Å²) >= 11 is 0. The van der Waals surface area contributed by atoms with Crippen molar-refractivity contribution in [1.82, 2.24) is 35.0 Å². The molecule has 4 aromatic rings. The van der Waals surface area contributed by atoms with Crippen molar-refractivity contribution in [2.24, 2.45) is 11.7 Å². The Balaban J connectivity index is 0.00000512. The predicted molar refractivity (Wildman–Crippen MR) is 211 cm³/mol. The van der Waals surface area contributed by atoms with Crippen molar-refractivity contribution in [2.75, 3.05) is 41.3 Å². The molecule has 3 saturated heterocycles. The van der Waals surface area contributed by atoms with E-state index in [9.17, 15) is 32.3 Å². The van der Waals surface area contributed by atoms with Gasteiger partial charge in [0, 0.05) is 62.1 Å². The number of amides is 4. The largest absolute Gasteiger partial charge is 0.371 e. The summed E-state index contributed by atoms with van der Waals surface area (Å²) in [6.07, 6.45) is 5.19. The summed E-state index contributed by atoms with van der Waals surface area (Å²) in [5, 5.41) is 16.6. The Morgan fingerprint density at radius 2 is 1.69 bits per heavy atom. The van der Waals surface area contributed by atoms with Crippen LogP contribution in [0, 0.1) is 5.92 Å². The van der Waals surface area contributed by atoms with Gasteiger partial charge in [-0.15, -0.1) is 12.4 Å². The summed E-state index contributed by atoms with van der Waals surface area (Å²) in [6, 6.07) is 9.01. The normalized spacial score (nSPS) is 24.4. The van der Waals surface area contributed by atoms with E-state index in [2.05, 4.69) is 36.0 Å². The van der Waals surface area contributed by atoms with Crippen molar-refractivity contribution in [2.45, 2.75) is 94.4 Å². The first kappa shape index (κ1) is 40.9. The zero-order valence-corrected chi connectivity index (χ0v) is 32.6. The maximum absolute atomic E-state index is 14.2. The van der Waals surface area contributed by atoms with E-state index in [0.717, 1.165) is 37.2 Å². The van der Waals surface area contributed by atoms with Crippen molar-refractivity contribution in [3.8, 4) is 0 Å². The number of carbonyl (C=O) groups is 4. The van der Waals surface area contributed by atoms with Crippen LogP contribution >= 0.6 is 12.4 Å². The standard InChI is InChI=1S/C39H46F3N11O4.ClH/c40-24-17-25(43)20-51(19-24)32-13-16-52-36(47-32)30(18-44-52)39(57)46-31-21-53(49-34(31)35(41)42)28-7-3-23(4-8-28)37(55)45-26-11-14-50(15-12-26)27-5-1-22(2-6-27)29-9-10-33(54)48-38(29)56;/h1-2,5-6,13,16,18,21,23-26,28-29,35H,3-4,7-12,14-15,17,19-20,43H2,(H,45,55)(H,46,57)(H,48,54,56);1H/t23?,24-,25-,28?,29?;/m1./s1. The maximum Gasteiger partial charge on any atom is 0.284 e. The van der Waals surface area contributed by atoms with Gasteiger partial charge in [0.2, 0.25) is 17.7 Å². The van der Waals surface area contributed by atoms with Gasteiger partial charge in [0.25, 0.3) is 12.3 Å². The lowest BCUT2D eigenvalue weighted by molar-refractivity contribution is -0.134. The van der Waals surface area contributed by atoms with Crippen LogP contribution < -0.4 is 31.5 Å². The first-order chi connectivity index (χ1) is 27.5. The van der Waals surface area contributed by atoms with Gasteiger partial charge in [0.1, 0.15) is 17.6 Å². The monoisotopic (exact) mass is 825 g/mol. The molecule has 3 aromatic heterocycles. The summed E-state index contributed by atoms with van der Waals surface area (Å²) in [7, 11) is 0. The summed E-state index contributed by atoms with van der Waals surface area (Å²) in [5.74, 6) is -1.27. The number of nitrogens with zero attached hydrogens (tertiary/aromatic N) is 7. The molecular formula is C39H47ClF3N11O4. The third kappa shape index (κ3) is 8.77. The minimum Gasteiger partial charge on any atom is -0.371 e. The topological polar surface area (TPSA) is 185 Å². The molecule has 1 unspecified atom stereocenters. The highest BCUT2D eigenvalue weighted by Crippen LogP contribution is 2.36. The number of nitrogens with two attached hydrogens (primary N) is 1. The molecular weight excluding hydrogens is 779 g/mol. The molecule has 1 aromatic carbocycles. The fourth-order valence-electron chi connectivity index (χ4n) is 8.63. The molecule has 3 atom stereocenters. The summed E-state index contributed by atoms with van der Waals surface area (Å²) in [4.78, 5) is 59.1. The number of fused-ring (bicyclic) bond motifs is 1. The summed E-state index contributed by atoms with van der Waals surface area (Å²) in [6.45, 7) is 2.05. The molecule has 0 bridgehead atoms. The second-order valence-electron chi connectivity index (χ2n) is 15.6. The van der Waals surface area contributed by atoms with Gasteiger partial charge in [-0.3, -0.25) is 29.2 Å². The molecule has 4 amide bonds. The van der Waals surface area contributed by atoms with E-state index in [-0.39, 0.29) is 90.0 Å². The minimum atomic E-state index is -2.95. The van der Waals surface area contributed by atoms with E-state index in [0.29, 0.717) is 50.9 Å². The first-order valence-corrected chi connectivity index (χ1v) is 19.7. The number of anilines is 3. The molecule has 6 heterocycles. The van der Waals surface area contributed by atoms with Gasteiger partial charge in [-0.1, -0.05) is 12.1 Å². The zero-order chi connectivity index (χ0) is 39.8. The molecule has 3 aliphatic heterocycles. The van der Waals surface area contributed by atoms with Crippen LogP contribution in [0.5, 0.6) is 0 Å². The third-order valence-electron chi connectivity index (χ3n) is 11.8. The number of hydrogen-bond donors (Lipinski definition) is 4. The van der Waals surface area contributed by atoms with Crippen LogP contribution in [0.25, 0.3) is 5.65 Å². The number of halogens is 4. The lowest BCUT2D eigenvalue weighted by atomic mass is 9.85.